The summed E-state index contributed by atoms with van der Waals surface area (Å²) in [6.45, 7) is 8.18. The van der Waals surface area contributed by atoms with E-state index in [1.165, 1.54) is 4.88 Å². The molecule has 2 rings (SSSR count). The molecule has 2 heterocycles. The third-order valence-electron chi connectivity index (χ3n) is 3.00. The third-order valence-corrected chi connectivity index (χ3v) is 4.32. The van der Waals surface area contributed by atoms with E-state index >= 15 is 0 Å². The molecule has 2 aromatic heterocycles. The van der Waals surface area contributed by atoms with Crippen LogP contribution in [0.4, 0.5) is 0 Å². The molecule has 0 aliphatic rings. The van der Waals surface area contributed by atoms with Crippen molar-refractivity contribution in [3.8, 4) is 0 Å². The molecule has 2 aromatic rings. The maximum Gasteiger partial charge on any atom is 0.122 e. The zero-order valence-corrected chi connectivity index (χ0v) is 12.0. The molecule has 0 radical (unpaired) electrons. The zero-order chi connectivity index (χ0) is 13.0. The second-order valence-electron chi connectivity index (χ2n) is 4.25. The molecule has 0 spiro atoms. The first kappa shape index (κ1) is 13.2. The van der Waals surface area contributed by atoms with Gasteiger partial charge in [0.2, 0.25) is 0 Å². The third kappa shape index (κ3) is 2.97. The Morgan fingerprint density at radius 2 is 2.22 bits per heavy atom. The SMILES string of the molecule is CCc1cnc(C(C)NCc2nccn2CC)s1. The highest BCUT2D eigenvalue weighted by Gasteiger charge is 2.10. The minimum Gasteiger partial charge on any atom is -0.334 e. The van der Waals surface area contributed by atoms with Crippen LogP contribution in [-0.4, -0.2) is 14.5 Å². The van der Waals surface area contributed by atoms with Crippen molar-refractivity contribution in [3.05, 3.63) is 34.3 Å². The van der Waals surface area contributed by atoms with Gasteiger partial charge in [-0.1, -0.05) is 6.92 Å². The Morgan fingerprint density at radius 3 is 2.89 bits per heavy atom. The van der Waals surface area contributed by atoms with Crippen LogP contribution in [-0.2, 0) is 19.5 Å². The first-order chi connectivity index (χ1) is 8.74. The second-order valence-corrected chi connectivity index (χ2v) is 5.40. The average Bonchev–Trinajstić information content (AvgIpc) is 3.04. The highest BCUT2D eigenvalue weighted by Crippen LogP contribution is 2.20. The number of aromatic nitrogens is 3. The lowest BCUT2D eigenvalue weighted by Crippen LogP contribution is -2.20. The number of aryl methyl sites for hydroxylation is 2. The molecule has 5 heteroatoms. The maximum atomic E-state index is 4.46. The van der Waals surface area contributed by atoms with Gasteiger partial charge in [-0.05, 0) is 20.3 Å². The number of imidazole rings is 1. The van der Waals surface area contributed by atoms with E-state index in [9.17, 15) is 0 Å². The summed E-state index contributed by atoms with van der Waals surface area (Å²) in [5.41, 5.74) is 0. The smallest absolute Gasteiger partial charge is 0.122 e. The summed E-state index contributed by atoms with van der Waals surface area (Å²) in [6.07, 6.45) is 6.90. The van der Waals surface area contributed by atoms with E-state index in [1.54, 1.807) is 11.3 Å². The Hall–Kier alpha value is -1.20. The van der Waals surface area contributed by atoms with Gasteiger partial charge in [0, 0.05) is 30.0 Å². The molecule has 0 fully saturated rings. The predicted molar refractivity (Wildman–Crippen MR) is 74.6 cm³/mol. The summed E-state index contributed by atoms with van der Waals surface area (Å²) in [4.78, 5) is 10.2. The van der Waals surface area contributed by atoms with Gasteiger partial charge in [0.25, 0.3) is 0 Å². The molecule has 0 aliphatic carbocycles. The fourth-order valence-electron chi connectivity index (χ4n) is 1.81. The van der Waals surface area contributed by atoms with Crippen molar-refractivity contribution in [1.82, 2.24) is 19.9 Å². The molecule has 0 saturated heterocycles. The van der Waals surface area contributed by atoms with Gasteiger partial charge >= 0.3 is 0 Å². The highest BCUT2D eigenvalue weighted by atomic mass is 32.1. The minimum absolute atomic E-state index is 0.275. The summed E-state index contributed by atoms with van der Waals surface area (Å²) in [5.74, 6) is 1.08. The van der Waals surface area contributed by atoms with Crippen molar-refractivity contribution in [2.24, 2.45) is 0 Å². The number of hydrogen-bond donors (Lipinski definition) is 1. The van der Waals surface area contributed by atoms with Crippen molar-refractivity contribution in [1.29, 1.82) is 0 Å². The van der Waals surface area contributed by atoms with Crippen LogP contribution in [0.5, 0.6) is 0 Å². The average molecular weight is 264 g/mol. The first-order valence-electron chi connectivity index (χ1n) is 6.42. The maximum absolute atomic E-state index is 4.46. The minimum atomic E-state index is 0.275. The lowest BCUT2D eigenvalue weighted by atomic mass is 10.3. The van der Waals surface area contributed by atoms with Crippen LogP contribution in [0.3, 0.4) is 0 Å². The lowest BCUT2D eigenvalue weighted by molar-refractivity contribution is 0.538. The summed E-state index contributed by atoms with van der Waals surface area (Å²) < 4.78 is 2.15. The molecule has 98 valence electrons. The van der Waals surface area contributed by atoms with Gasteiger partial charge in [0.05, 0.1) is 12.6 Å². The number of hydrogen-bond acceptors (Lipinski definition) is 4. The van der Waals surface area contributed by atoms with E-state index in [-0.39, 0.29) is 6.04 Å². The molecular weight excluding hydrogens is 244 g/mol. The van der Waals surface area contributed by atoms with Gasteiger partial charge in [0.15, 0.2) is 0 Å². The summed E-state index contributed by atoms with van der Waals surface area (Å²) in [5, 5.41) is 4.63. The quantitative estimate of drug-likeness (QED) is 0.872. The van der Waals surface area contributed by atoms with Crippen LogP contribution in [0, 0.1) is 0 Å². The Bertz CT molecular complexity index is 489. The van der Waals surface area contributed by atoms with Crippen molar-refractivity contribution in [2.45, 2.75) is 46.3 Å². The molecule has 0 amide bonds. The van der Waals surface area contributed by atoms with Crippen LogP contribution in [0.25, 0.3) is 0 Å². The number of nitrogens with one attached hydrogen (secondary N) is 1. The highest BCUT2D eigenvalue weighted by molar-refractivity contribution is 7.11. The Labute approximate surface area is 112 Å². The molecule has 0 bridgehead atoms. The first-order valence-corrected chi connectivity index (χ1v) is 7.24. The molecule has 1 atom stereocenters. The topological polar surface area (TPSA) is 42.7 Å². The van der Waals surface area contributed by atoms with Crippen LogP contribution in [0.1, 0.15) is 42.5 Å². The van der Waals surface area contributed by atoms with Crippen molar-refractivity contribution in [2.75, 3.05) is 0 Å². The molecule has 1 N–H and O–H groups in total. The van der Waals surface area contributed by atoms with Gasteiger partial charge < -0.3 is 9.88 Å². The van der Waals surface area contributed by atoms with Gasteiger partial charge in [-0.15, -0.1) is 11.3 Å². The van der Waals surface area contributed by atoms with Crippen LogP contribution in [0.2, 0.25) is 0 Å². The number of rotatable bonds is 6. The molecule has 4 nitrogen and oxygen atoms in total. The standard InChI is InChI=1S/C13H20N4S/c1-4-11-8-16-13(18-11)10(3)15-9-12-14-6-7-17(12)5-2/h6-8,10,15H,4-5,9H2,1-3H3. The fourth-order valence-corrected chi connectivity index (χ4v) is 2.70. The number of thiazole rings is 1. The second kappa shape index (κ2) is 6.11. The van der Waals surface area contributed by atoms with Gasteiger partial charge in [0.1, 0.15) is 10.8 Å². The number of nitrogens with zero attached hydrogens (tertiary/aromatic N) is 3. The Balaban J connectivity index is 1.93. The Kier molecular flexibility index (Phi) is 4.49. The van der Waals surface area contributed by atoms with Crippen LogP contribution < -0.4 is 5.32 Å². The van der Waals surface area contributed by atoms with E-state index in [1.807, 2.05) is 18.6 Å². The van der Waals surface area contributed by atoms with Crippen molar-refractivity contribution < 1.29 is 0 Å². The molecular formula is C13H20N4S. The zero-order valence-electron chi connectivity index (χ0n) is 11.2. The molecule has 0 aromatic carbocycles. The van der Waals surface area contributed by atoms with E-state index in [0.717, 1.165) is 30.3 Å². The summed E-state index contributed by atoms with van der Waals surface area (Å²) in [7, 11) is 0. The van der Waals surface area contributed by atoms with Gasteiger partial charge in [-0.2, -0.15) is 0 Å². The molecule has 0 aliphatic heterocycles. The predicted octanol–water partition coefficient (Wildman–Crippen LogP) is 2.77. The lowest BCUT2D eigenvalue weighted by Gasteiger charge is -2.11. The van der Waals surface area contributed by atoms with Gasteiger partial charge in [-0.25, -0.2) is 9.97 Å². The monoisotopic (exact) mass is 264 g/mol. The summed E-state index contributed by atoms with van der Waals surface area (Å²) >= 11 is 1.79. The van der Waals surface area contributed by atoms with Crippen molar-refractivity contribution >= 4 is 11.3 Å². The largest absolute Gasteiger partial charge is 0.334 e. The van der Waals surface area contributed by atoms with Gasteiger partial charge in [-0.3, -0.25) is 0 Å². The fraction of sp³-hybridized carbons (Fsp3) is 0.538. The molecule has 18 heavy (non-hydrogen) atoms. The van der Waals surface area contributed by atoms with Crippen molar-refractivity contribution in [3.63, 3.8) is 0 Å². The van der Waals surface area contributed by atoms with Crippen LogP contribution in [0.15, 0.2) is 18.6 Å². The summed E-state index contributed by atoms with van der Waals surface area (Å²) in [6, 6.07) is 0.275. The van der Waals surface area contributed by atoms with Crippen LogP contribution >= 0.6 is 11.3 Å². The van der Waals surface area contributed by atoms with E-state index < -0.39 is 0 Å². The molecule has 1 unspecified atom stereocenters. The normalized spacial score (nSPS) is 12.8. The van der Waals surface area contributed by atoms with E-state index in [2.05, 4.69) is 40.6 Å². The van der Waals surface area contributed by atoms with E-state index in [0.29, 0.717) is 0 Å². The molecule has 0 saturated carbocycles. The Morgan fingerprint density at radius 1 is 1.39 bits per heavy atom. The van der Waals surface area contributed by atoms with E-state index in [4.69, 9.17) is 0 Å².